The van der Waals surface area contributed by atoms with Crippen molar-refractivity contribution in [3.63, 3.8) is 0 Å². The van der Waals surface area contributed by atoms with Crippen LogP contribution in [-0.2, 0) is 35.2 Å². The Bertz CT molecular complexity index is 1430. The smallest absolute Gasteiger partial charge is 0.271 e. The number of amides is 7. The van der Waals surface area contributed by atoms with Gasteiger partial charge >= 0.3 is 0 Å². The summed E-state index contributed by atoms with van der Waals surface area (Å²) in [6.07, 6.45) is 7.99. The van der Waals surface area contributed by atoms with E-state index in [1.807, 2.05) is 0 Å². The Kier molecular flexibility index (Phi) is 12.5. The fourth-order valence-electron chi connectivity index (χ4n) is 4.03. The van der Waals surface area contributed by atoms with Gasteiger partial charge in [-0.15, -0.1) is 6.58 Å². The highest BCUT2D eigenvalue weighted by Gasteiger charge is 2.31. The molecule has 0 spiro atoms. The average molecular weight is 624 g/mol. The molecule has 0 fully saturated rings. The first-order valence-electron chi connectivity index (χ1n) is 13.7. The predicted octanol–water partition coefficient (Wildman–Crippen LogP) is -2.88. The van der Waals surface area contributed by atoms with Crippen molar-refractivity contribution < 1.29 is 38.0 Å². The Morgan fingerprint density at radius 3 is 2.33 bits per heavy atom. The number of furan rings is 1. The highest BCUT2D eigenvalue weighted by molar-refractivity contribution is 6.00. The number of aromatic nitrogens is 2. The first kappa shape index (κ1) is 33.6. The Morgan fingerprint density at radius 2 is 1.69 bits per heavy atom. The van der Waals surface area contributed by atoms with E-state index in [-0.39, 0.29) is 31.5 Å². The van der Waals surface area contributed by atoms with Gasteiger partial charge in [-0.05, 0) is 25.0 Å². The molecule has 0 radical (unpaired) electrons. The first-order valence-corrected chi connectivity index (χ1v) is 13.7. The van der Waals surface area contributed by atoms with E-state index in [1.165, 1.54) is 30.9 Å². The molecule has 0 saturated heterocycles. The number of nitrogens with one attached hydrogen (secondary N) is 6. The molecule has 8 N–H and O–H groups in total. The van der Waals surface area contributed by atoms with E-state index in [9.17, 15) is 33.6 Å². The van der Waals surface area contributed by atoms with Crippen LogP contribution in [0, 0.1) is 0 Å². The van der Waals surface area contributed by atoms with Gasteiger partial charge in [0.1, 0.15) is 35.6 Å². The van der Waals surface area contributed by atoms with Crippen molar-refractivity contribution in [2.75, 3.05) is 13.1 Å². The van der Waals surface area contributed by atoms with Gasteiger partial charge < -0.3 is 42.1 Å². The summed E-state index contributed by atoms with van der Waals surface area (Å²) in [4.78, 5) is 97.1. The van der Waals surface area contributed by atoms with E-state index >= 15 is 0 Å². The van der Waals surface area contributed by atoms with Gasteiger partial charge in [0.25, 0.3) is 5.91 Å². The minimum absolute atomic E-state index is 0.0446. The van der Waals surface area contributed by atoms with Crippen LogP contribution in [0.1, 0.15) is 29.1 Å². The van der Waals surface area contributed by atoms with E-state index in [0.717, 1.165) is 12.2 Å². The van der Waals surface area contributed by atoms with Crippen LogP contribution in [0.3, 0.4) is 0 Å². The lowest BCUT2D eigenvalue weighted by Gasteiger charge is -2.25. The average Bonchev–Trinajstić information content (AvgIpc) is 3.53. The molecule has 2 aromatic heterocycles. The minimum atomic E-state index is -1.39. The predicted molar refractivity (Wildman–Crippen MR) is 155 cm³/mol. The Morgan fingerprint density at radius 1 is 0.978 bits per heavy atom. The van der Waals surface area contributed by atoms with Crippen molar-refractivity contribution in [3.8, 4) is 0 Å². The minimum Gasteiger partial charge on any atom is -0.469 e. The number of carbonyl (C=O) groups excluding carboxylic acids is 7. The zero-order valence-electron chi connectivity index (χ0n) is 24.0. The van der Waals surface area contributed by atoms with Crippen molar-refractivity contribution in [3.05, 3.63) is 73.2 Å². The van der Waals surface area contributed by atoms with Crippen LogP contribution in [0.4, 0.5) is 0 Å². The Balaban J connectivity index is 1.92. The highest BCUT2D eigenvalue weighted by atomic mass is 16.3. The van der Waals surface area contributed by atoms with E-state index in [2.05, 4.69) is 48.4 Å². The molecule has 2 aromatic rings. The lowest BCUT2D eigenvalue weighted by Crippen LogP contribution is -2.59. The second-order valence-corrected chi connectivity index (χ2v) is 9.67. The SMILES string of the molecule is C=CC[C@@H]1NC(=O)/C=C\C(=O)N[C@H](C(N)=O)CCNC(=O)[C@H](CNC(=O)c2cnccn2)NC(=O)[C@H](Cc2ccco2)NC1=O. The largest absolute Gasteiger partial charge is 0.469 e. The normalized spacial score (nSPS) is 22.6. The third kappa shape index (κ3) is 10.7. The maximum absolute atomic E-state index is 13.5. The topological polar surface area (TPSA) is 257 Å². The molecule has 3 rings (SSSR count). The molecule has 1 aliphatic rings. The number of primary amides is 1. The van der Waals surface area contributed by atoms with E-state index in [0.29, 0.717) is 5.76 Å². The summed E-state index contributed by atoms with van der Waals surface area (Å²) >= 11 is 0. The molecule has 0 unspecified atom stereocenters. The number of rotatable bonds is 8. The lowest BCUT2D eigenvalue weighted by atomic mass is 10.1. The standard InChI is InChI=1S/C28H33N9O8/c1-2-4-18-27(43)36-19(13-16-5-3-12-45-16)28(44)37-21(15-33-25(41)20-14-30-10-11-31-20)26(42)32-9-8-17(24(29)40)34-22(38)6-7-23(39)35-18/h2-3,5-7,10-12,14,17-19,21H,1,4,8-9,13,15H2,(H2,29,40)(H,32,42)(H,33,41)(H,34,38)(H,35,39)(H,36,43)(H,37,44)/b7-6-/t17-,18-,19-,21-/m0/s1. The van der Waals surface area contributed by atoms with Gasteiger partial charge in [-0.3, -0.25) is 38.5 Å². The summed E-state index contributed by atoms with van der Waals surface area (Å²) in [6, 6.07) is -1.98. The molecular formula is C28H33N9O8. The van der Waals surface area contributed by atoms with Crippen LogP contribution in [0.2, 0.25) is 0 Å². The van der Waals surface area contributed by atoms with E-state index in [4.69, 9.17) is 10.2 Å². The molecule has 7 amide bonds. The monoisotopic (exact) mass is 623 g/mol. The third-order valence-electron chi connectivity index (χ3n) is 6.33. The maximum Gasteiger partial charge on any atom is 0.271 e. The van der Waals surface area contributed by atoms with Gasteiger partial charge in [0, 0.05) is 44.1 Å². The molecule has 3 heterocycles. The maximum atomic E-state index is 13.5. The van der Waals surface area contributed by atoms with Gasteiger partial charge in [0.2, 0.25) is 35.4 Å². The molecule has 238 valence electrons. The summed E-state index contributed by atoms with van der Waals surface area (Å²) in [5.74, 6) is -5.28. The first-order chi connectivity index (χ1) is 21.6. The second-order valence-electron chi connectivity index (χ2n) is 9.67. The second kappa shape index (κ2) is 16.7. The summed E-state index contributed by atoms with van der Waals surface area (Å²) in [7, 11) is 0. The quantitative estimate of drug-likeness (QED) is 0.148. The molecule has 45 heavy (non-hydrogen) atoms. The van der Waals surface area contributed by atoms with E-state index in [1.54, 1.807) is 12.1 Å². The number of nitrogens with two attached hydrogens (primary N) is 1. The van der Waals surface area contributed by atoms with Crippen molar-refractivity contribution in [2.24, 2.45) is 5.73 Å². The summed E-state index contributed by atoms with van der Waals surface area (Å²) in [6.45, 7) is 2.99. The summed E-state index contributed by atoms with van der Waals surface area (Å²) < 4.78 is 5.34. The fourth-order valence-corrected chi connectivity index (χ4v) is 4.03. The molecule has 0 aliphatic carbocycles. The highest BCUT2D eigenvalue weighted by Crippen LogP contribution is 2.07. The van der Waals surface area contributed by atoms with Crippen LogP contribution < -0.4 is 37.6 Å². The van der Waals surface area contributed by atoms with Gasteiger partial charge in [0.05, 0.1) is 12.5 Å². The fraction of sp³-hybridized carbons (Fsp3) is 0.321. The molecule has 17 nitrogen and oxygen atoms in total. The molecule has 17 heteroatoms. The van der Waals surface area contributed by atoms with Crippen LogP contribution in [0.25, 0.3) is 0 Å². The Hall–Kier alpha value is -5.87. The number of carbonyl (C=O) groups is 7. The van der Waals surface area contributed by atoms with Crippen LogP contribution in [-0.4, -0.2) is 88.6 Å². The zero-order valence-corrected chi connectivity index (χ0v) is 24.0. The van der Waals surface area contributed by atoms with Crippen molar-refractivity contribution in [1.29, 1.82) is 0 Å². The van der Waals surface area contributed by atoms with Crippen molar-refractivity contribution in [1.82, 2.24) is 41.9 Å². The van der Waals surface area contributed by atoms with E-state index < -0.39 is 72.1 Å². The third-order valence-corrected chi connectivity index (χ3v) is 6.33. The molecule has 4 atom stereocenters. The van der Waals surface area contributed by atoms with Crippen LogP contribution >= 0.6 is 0 Å². The van der Waals surface area contributed by atoms with Gasteiger partial charge in [-0.1, -0.05) is 6.08 Å². The van der Waals surface area contributed by atoms with Crippen molar-refractivity contribution >= 4 is 41.4 Å². The molecule has 0 aromatic carbocycles. The number of hydrogen-bond donors (Lipinski definition) is 7. The number of nitrogens with zero attached hydrogens (tertiary/aromatic N) is 2. The summed E-state index contributed by atoms with van der Waals surface area (Å²) in [5, 5.41) is 14.9. The van der Waals surface area contributed by atoms with Crippen LogP contribution in [0.5, 0.6) is 0 Å². The van der Waals surface area contributed by atoms with Gasteiger partial charge in [0.15, 0.2) is 0 Å². The van der Waals surface area contributed by atoms with Crippen molar-refractivity contribution in [2.45, 2.75) is 43.4 Å². The molecule has 1 aliphatic heterocycles. The number of hydrogen-bond acceptors (Lipinski definition) is 10. The van der Waals surface area contributed by atoms with Gasteiger partial charge in [-0.2, -0.15) is 0 Å². The summed E-state index contributed by atoms with van der Waals surface area (Å²) in [5.41, 5.74) is 5.34. The van der Waals surface area contributed by atoms with Crippen LogP contribution in [0.15, 0.2) is 66.2 Å². The molecular weight excluding hydrogens is 590 g/mol. The van der Waals surface area contributed by atoms with Gasteiger partial charge in [-0.25, -0.2) is 4.98 Å². The molecule has 0 bridgehead atoms. The molecule has 0 saturated carbocycles. The zero-order chi connectivity index (χ0) is 32.8. The Labute approximate surface area is 256 Å². The lowest BCUT2D eigenvalue weighted by molar-refractivity contribution is -0.133.